The molecule has 0 aliphatic heterocycles. The van der Waals surface area contributed by atoms with Crippen LogP contribution in [0.2, 0.25) is 0 Å². The molecule has 0 unspecified atom stereocenters. The lowest BCUT2D eigenvalue weighted by atomic mass is 10.1. The molecular weight excluding hydrogens is 330 g/mol. The molecule has 1 N–H and O–H groups in total. The van der Waals surface area contributed by atoms with Gasteiger partial charge in [-0.15, -0.1) is 11.8 Å². The SMILES string of the molecule is COc1ccc(C)cc1NC(=O)[C@H](SC1CCCC1)c1ccccc1. The Kier molecular flexibility index (Phi) is 6.03. The van der Waals surface area contributed by atoms with E-state index in [0.29, 0.717) is 11.0 Å². The van der Waals surface area contributed by atoms with Gasteiger partial charge in [0.25, 0.3) is 0 Å². The smallest absolute Gasteiger partial charge is 0.242 e. The van der Waals surface area contributed by atoms with E-state index in [1.54, 1.807) is 18.9 Å². The van der Waals surface area contributed by atoms with Gasteiger partial charge < -0.3 is 10.1 Å². The van der Waals surface area contributed by atoms with Gasteiger partial charge in [-0.05, 0) is 43.0 Å². The molecule has 0 saturated heterocycles. The second-order valence-corrected chi connectivity index (χ2v) is 7.94. The lowest BCUT2D eigenvalue weighted by molar-refractivity contribution is -0.115. The lowest BCUT2D eigenvalue weighted by Gasteiger charge is -2.21. The highest BCUT2D eigenvalue weighted by Crippen LogP contribution is 2.40. The normalized spacial score (nSPS) is 15.8. The quantitative estimate of drug-likeness (QED) is 0.758. The Morgan fingerprint density at radius 3 is 2.56 bits per heavy atom. The first kappa shape index (κ1) is 17.9. The topological polar surface area (TPSA) is 38.3 Å². The largest absolute Gasteiger partial charge is 0.495 e. The summed E-state index contributed by atoms with van der Waals surface area (Å²) in [4.78, 5) is 13.1. The van der Waals surface area contributed by atoms with Crippen LogP contribution >= 0.6 is 11.8 Å². The van der Waals surface area contributed by atoms with Crippen LogP contribution in [0.15, 0.2) is 48.5 Å². The second kappa shape index (κ2) is 8.43. The van der Waals surface area contributed by atoms with Crippen molar-refractivity contribution in [3.8, 4) is 5.75 Å². The highest BCUT2D eigenvalue weighted by atomic mass is 32.2. The zero-order valence-corrected chi connectivity index (χ0v) is 15.6. The van der Waals surface area contributed by atoms with Crippen molar-refractivity contribution in [3.05, 3.63) is 59.7 Å². The first-order valence-electron chi connectivity index (χ1n) is 8.83. The summed E-state index contributed by atoms with van der Waals surface area (Å²) in [6.07, 6.45) is 4.95. The summed E-state index contributed by atoms with van der Waals surface area (Å²) >= 11 is 1.80. The van der Waals surface area contributed by atoms with Gasteiger partial charge in [-0.3, -0.25) is 4.79 Å². The first-order chi connectivity index (χ1) is 12.2. The number of amides is 1. The molecule has 0 spiro atoms. The third-order valence-electron chi connectivity index (χ3n) is 4.58. The van der Waals surface area contributed by atoms with Crippen molar-refractivity contribution in [1.29, 1.82) is 0 Å². The maximum absolute atomic E-state index is 13.1. The molecule has 4 heteroatoms. The average Bonchev–Trinajstić information content (AvgIpc) is 3.14. The number of nitrogens with one attached hydrogen (secondary N) is 1. The average molecular weight is 356 g/mol. The van der Waals surface area contributed by atoms with Crippen LogP contribution in [0, 0.1) is 6.92 Å². The highest BCUT2D eigenvalue weighted by molar-refractivity contribution is 8.00. The maximum Gasteiger partial charge on any atom is 0.242 e. The minimum Gasteiger partial charge on any atom is -0.495 e. The summed E-state index contributed by atoms with van der Waals surface area (Å²) in [5.41, 5.74) is 2.89. The fourth-order valence-electron chi connectivity index (χ4n) is 3.25. The van der Waals surface area contributed by atoms with Gasteiger partial charge in [-0.25, -0.2) is 0 Å². The van der Waals surface area contributed by atoms with E-state index in [1.165, 1.54) is 25.7 Å². The molecule has 0 radical (unpaired) electrons. The van der Waals surface area contributed by atoms with Crippen molar-refractivity contribution in [1.82, 2.24) is 0 Å². The highest BCUT2D eigenvalue weighted by Gasteiger charge is 2.27. The Bertz CT molecular complexity index is 711. The molecular formula is C21H25NO2S. The van der Waals surface area contributed by atoms with E-state index in [1.807, 2.05) is 55.5 Å². The molecule has 0 aromatic heterocycles. The van der Waals surface area contributed by atoms with Gasteiger partial charge in [0.05, 0.1) is 12.8 Å². The number of methoxy groups -OCH3 is 1. The molecule has 1 fully saturated rings. The summed E-state index contributed by atoms with van der Waals surface area (Å²) < 4.78 is 5.40. The number of carbonyl (C=O) groups is 1. The number of thioether (sulfide) groups is 1. The van der Waals surface area contributed by atoms with Crippen molar-refractivity contribution in [2.45, 2.75) is 43.1 Å². The zero-order valence-electron chi connectivity index (χ0n) is 14.8. The number of benzene rings is 2. The van der Waals surface area contributed by atoms with Gasteiger partial charge in [0, 0.05) is 5.25 Å². The predicted molar refractivity (Wildman–Crippen MR) is 105 cm³/mol. The van der Waals surface area contributed by atoms with Crippen LogP contribution in [0.5, 0.6) is 5.75 Å². The summed E-state index contributed by atoms with van der Waals surface area (Å²) in [6, 6.07) is 15.9. The summed E-state index contributed by atoms with van der Waals surface area (Å²) in [5, 5.41) is 3.46. The first-order valence-corrected chi connectivity index (χ1v) is 9.77. The Hall–Kier alpha value is -1.94. The van der Waals surface area contributed by atoms with Crippen molar-refractivity contribution < 1.29 is 9.53 Å². The van der Waals surface area contributed by atoms with Crippen LogP contribution in [0.4, 0.5) is 5.69 Å². The van der Waals surface area contributed by atoms with Crippen molar-refractivity contribution in [2.24, 2.45) is 0 Å². The van der Waals surface area contributed by atoms with Crippen molar-refractivity contribution in [3.63, 3.8) is 0 Å². The number of hydrogen-bond acceptors (Lipinski definition) is 3. The number of ether oxygens (including phenoxy) is 1. The van der Waals surface area contributed by atoms with Gasteiger partial charge in [-0.2, -0.15) is 0 Å². The monoisotopic (exact) mass is 355 g/mol. The van der Waals surface area contributed by atoms with Gasteiger partial charge in [-0.1, -0.05) is 49.2 Å². The third-order valence-corrected chi connectivity index (χ3v) is 6.20. The van der Waals surface area contributed by atoms with Crippen LogP contribution < -0.4 is 10.1 Å². The summed E-state index contributed by atoms with van der Waals surface area (Å²) in [5.74, 6) is 0.712. The minimum atomic E-state index is -0.200. The molecule has 0 heterocycles. The minimum absolute atomic E-state index is 0.0204. The van der Waals surface area contributed by atoms with Crippen molar-refractivity contribution in [2.75, 3.05) is 12.4 Å². The van der Waals surface area contributed by atoms with Crippen LogP contribution in [0.3, 0.4) is 0 Å². The van der Waals surface area contributed by atoms with E-state index in [9.17, 15) is 4.79 Å². The Labute approximate surface area is 154 Å². The molecule has 3 nitrogen and oxygen atoms in total. The second-order valence-electron chi connectivity index (χ2n) is 6.53. The molecule has 0 bridgehead atoms. The van der Waals surface area contributed by atoms with E-state index < -0.39 is 0 Å². The fourth-order valence-corrected chi connectivity index (χ4v) is 4.74. The zero-order chi connectivity index (χ0) is 17.6. The van der Waals surface area contributed by atoms with E-state index >= 15 is 0 Å². The molecule has 3 rings (SSSR count). The molecule has 1 aliphatic carbocycles. The van der Waals surface area contributed by atoms with Crippen LogP contribution in [0.25, 0.3) is 0 Å². The Balaban J connectivity index is 1.82. The standard InChI is InChI=1S/C21H25NO2S/c1-15-12-13-19(24-2)18(14-15)22-21(23)20(16-8-4-3-5-9-16)25-17-10-6-7-11-17/h3-5,8-9,12-14,17,20H,6-7,10-11H2,1-2H3,(H,22,23)/t20-/m1/s1. The van der Waals surface area contributed by atoms with Crippen LogP contribution in [-0.2, 0) is 4.79 Å². The number of aryl methyl sites for hydroxylation is 1. The molecule has 2 aromatic rings. The van der Waals surface area contributed by atoms with Crippen molar-refractivity contribution >= 4 is 23.4 Å². The van der Waals surface area contributed by atoms with E-state index in [-0.39, 0.29) is 11.2 Å². The van der Waals surface area contributed by atoms with E-state index in [0.717, 1.165) is 16.8 Å². The molecule has 1 aliphatic rings. The Morgan fingerprint density at radius 1 is 1.16 bits per heavy atom. The number of hydrogen-bond donors (Lipinski definition) is 1. The fraction of sp³-hybridized carbons (Fsp3) is 0.381. The molecule has 2 aromatic carbocycles. The maximum atomic E-state index is 13.1. The summed E-state index contributed by atoms with van der Waals surface area (Å²) in [6.45, 7) is 2.01. The number of rotatable bonds is 6. The molecule has 25 heavy (non-hydrogen) atoms. The molecule has 1 amide bonds. The molecule has 1 atom stereocenters. The summed E-state index contributed by atoms with van der Waals surface area (Å²) in [7, 11) is 1.63. The third kappa shape index (κ3) is 4.57. The Morgan fingerprint density at radius 2 is 1.88 bits per heavy atom. The number of carbonyl (C=O) groups excluding carboxylic acids is 1. The van der Waals surface area contributed by atoms with Crippen LogP contribution in [-0.4, -0.2) is 18.3 Å². The lowest BCUT2D eigenvalue weighted by Crippen LogP contribution is -2.21. The van der Waals surface area contributed by atoms with Gasteiger partial charge in [0.15, 0.2) is 0 Å². The van der Waals surface area contributed by atoms with Gasteiger partial charge in [0.2, 0.25) is 5.91 Å². The molecule has 132 valence electrons. The van der Waals surface area contributed by atoms with Gasteiger partial charge in [0.1, 0.15) is 11.0 Å². The molecule has 1 saturated carbocycles. The van der Waals surface area contributed by atoms with Gasteiger partial charge >= 0.3 is 0 Å². The number of anilines is 1. The van der Waals surface area contributed by atoms with E-state index in [2.05, 4.69) is 5.32 Å². The van der Waals surface area contributed by atoms with E-state index in [4.69, 9.17) is 4.74 Å². The van der Waals surface area contributed by atoms with Crippen LogP contribution in [0.1, 0.15) is 42.1 Å². The predicted octanol–water partition coefficient (Wildman–Crippen LogP) is 5.36.